The summed E-state index contributed by atoms with van der Waals surface area (Å²) < 4.78 is 2.36. The fraction of sp³-hybridized carbons (Fsp3) is 0.409. The van der Waals surface area contributed by atoms with Crippen LogP contribution in [-0.2, 0) is 0 Å². The highest BCUT2D eigenvalue weighted by molar-refractivity contribution is 5.95. The minimum atomic E-state index is -0.0301. The Hall–Kier alpha value is -2.47. The fourth-order valence-electron chi connectivity index (χ4n) is 3.80. The van der Waals surface area contributed by atoms with Crippen LogP contribution in [0.15, 0.2) is 36.4 Å². The summed E-state index contributed by atoms with van der Waals surface area (Å²) >= 11 is 0. The molecule has 0 atom stereocenters. The fourth-order valence-corrected chi connectivity index (χ4v) is 3.80. The number of nitrogens with one attached hydrogen (secondary N) is 1. The zero-order valence-electron chi connectivity index (χ0n) is 15.1. The molecule has 3 heteroatoms. The molecule has 1 aliphatic rings. The van der Waals surface area contributed by atoms with Crippen molar-refractivity contribution in [3.8, 4) is 11.8 Å². The van der Waals surface area contributed by atoms with Crippen molar-refractivity contribution in [1.82, 2.24) is 9.88 Å². The number of rotatable bonds is 3. The van der Waals surface area contributed by atoms with Crippen LogP contribution in [0.4, 0.5) is 0 Å². The van der Waals surface area contributed by atoms with Gasteiger partial charge < -0.3 is 9.88 Å². The average Bonchev–Trinajstić information content (AvgIpc) is 2.94. The molecule has 1 aromatic carbocycles. The van der Waals surface area contributed by atoms with Gasteiger partial charge in [-0.25, -0.2) is 0 Å². The summed E-state index contributed by atoms with van der Waals surface area (Å²) in [6, 6.07) is 12.4. The van der Waals surface area contributed by atoms with E-state index in [1.807, 2.05) is 36.4 Å². The number of hydrogen-bond donors (Lipinski definition) is 1. The van der Waals surface area contributed by atoms with Gasteiger partial charge in [-0.3, -0.25) is 4.79 Å². The van der Waals surface area contributed by atoms with E-state index < -0.39 is 0 Å². The second-order valence-corrected chi connectivity index (χ2v) is 6.80. The Morgan fingerprint density at radius 2 is 1.88 bits per heavy atom. The van der Waals surface area contributed by atoms with Crippen LogP contribution in [0.25, 0.3) is 0 Å². The molecule has 3 rings (SSSR count). The van der Waals surface area contributed by atoms with Crippen LogP contribution < -0.4 is 5.32 Å². The molecule has 1 heterocycles. The normalized spacial score (nSPS) is 14.6. The second-order valence-electron chi connectivity index (χ2n) is 6.80. The topological polar surface area (TPSA) is 34.0 Å². The molecule has 0 unspecified atom stereocenters. The lowest BCUT2D eigenvalue weighted by atomic mass is 9.95. The van der Waals surface area contributed by atoms with Gasteiger partial charge in [0.25, 0.3) is 5.91 Å². The molecule has 0 saturated heterocycles. The predicted octanol–water partition coefficient (Wildman–Crippen LogP) is 4.39. The highest BCUT2D eigenvalue weighted by Gasteiger charge is 2.22. The maximum absolute atomic E-state index is 12.5. The molecule has 1 aromatic heterocycles. The first-order valence-corrected chi connectivity index (χ1v) is 9.17. The van der Waals surface area contributed by atoms with Crippen molar-refractivity contribution >= 4 is 5.91 Å². The first-order chi connectivity index (χ1) is 12.2. The molecule has 130 valence electrons. The Kier molecular flexibility index (Phi) is 5.60. The molecular formula is C22H26N2O. The lowest BCUT2D eigenvalue weighted by Gasteiger charge is -2.26. The maximum Gasteiger partial charge on any atom is 0.253 e. The van der Waals surface area contributed by atoms with Gasteiger partial charge in [0.2, 0.25) is 0 Å². The number of aromatic nitrogens is 1. The van der Waals surface area contributed by atoms with Crippen molar-refractivity contribution in [2.24, 2.45) is 0 Å². The van der Waals surface area contributed by atoms with E-state index in [9.17, 15) is 4.79 Å². The number of carbonyl (C=O) groups excluding carboxylic acids is 1. The smallest absolute Gasteiger partial charge is 0.253 e. The third-order valence-corrected chi connectivity index (χ3v) is 5.01. The molecule has 1 aliphatic carbocycles. The molecule has 2 aromatic rings. The second kappa shape index (κ2) is 8.07. The van der Waals surface area contributed by atoms with Crippen LogP contribution in [0, 0.1) is 25.7 Å². The highest BCUT2D eigenvalue weighted by Crippen LogP contribution is 2.32. The third kappa shape index (κ3) is 4.14. The van der Waals surface area contributed by atoms with Crippen LogP contribution in [0.3, 0.4) is 0 Å². The molecule has 3 nitrogen and oxygen atoms in total. The lowest BCUT2D eigenvalue weighted by Crippen LogP contribution is -2.24. The third-order valence-electron chi connectivity index (χ3n) is 5.01. The molecule has 0 bridgehead atoms. The molecular weight excluding hydrogens is 308 g/mol. The summed E-state index contributed by atoms with van der Waals surface area (Å²) in [4.78, 5) is 12.5. The van der Waals surface area contributed by atoms with Crippen LogP contribution in [0.2, 0.25) is 0 Å². The largest absolute Gasteiger partial charge is 0.345 e. The average molecular weight is 334 g/mol. The molecule has 0 radical (unpaired) electrons. The van der Waals surface area contributed by atoms with Crippen molar-refractivity contribution in [3.63, 3.8) is 0 Å². The molecule has 1 amide bonds. The molecule has 1 saturated carbocycles. The predicted molar refractivity (Wildman–Crippen MR) is 102 cm³/mol. The van der Waals surface area contributed by atoms with E-state index in [2.05, 4.69) is 35.6 Å². The monoisotopic (exact) mass is 334 g/mol. The molecule has 1 fully saturated rings. The Labute approximate surface area is 150 Å². The molecule has 25 heavy (non-hydrogen) atoms. The molecule has 0 aliphatic heterocycles. The number of nitrogens with zero attached hydrogens (tertiary/aromatic N) is 1. The standard InChI is InChI=1S/C22H26N2O/c1-17-16-21(18(2)24(17)20-13-7-4-8-14-20)22(25)23-15-9-12-19-10-5-3-6-11-19/h3,5-6,10-11,16,20H,4,7-8,13-15H2,1-2H3,(H,23,25). The number of aryl methyl sites for hydroxylation is 1. The Morgan fingerprint density at radius 3 is 2.60 bits per heavy atom. The summed E-state index contributed by atoms with van der Waals surface area (Å²) in [5, 5.41) is 2.93. The van der Waals surface area contributed by atoms with Gasteiger partial charge in [-0.15, -0.1) is 0 Å². The highest BCUT2D eigenvalue weighted by atomic mass is 16.1. The SMILES string of the molecule is Cc1cc(C(=O)NCC#Cc2ccccc2)c(C)n1C1CCCCC1. The van der Waals surface area contributed by atoms with Gasteiger partial charge in [-0.2, -0.15) is 0 Å². The van der Waals surface area contributed by atoms with E-state index in [-0.39, 0.29) is 5.91 Å². The minimum absolute atomic E-state index is 0.0301. The van der Waals surface area contributed by atoms with E-state index in [4.69, 9.17) is 0 Å². The van der Waals surface area contributed by atoms with Gasteiger partial charge in [0, 0.05) is 23.0 Å². The number of amides is 1. The van der Waals surface area contributed by atoms with Gasteiger partial charge >= 0.3 is 0 Å². The number of hydrogen-bond acceptors (Lipinski definition) is 1. The van der Waals surface area contributed by atoms with Crippen molar-refractivity contribution in [3.05, 3.63) is 58.9 Å². The van der Waals surface area contributed by atoms with E-state index >= 15 is 0 Å². The minimum Gasteiger partial charge on any atom is -0.345 e. The Bertz CT molecular complexity index is 787. The Balaban J connectivity index is 1.65. The summed E-state index contributed by atoms with van der Waals surface area (Å²) in [5.74, 6) is 6.05. The zero-order chi connectivity index (χ0) is 17.6. The van der Waals surface area contributed by atoms with E-state index in [1.54, 1.807) is 0 Å². The lowest BCUT2D eigenvalue weighted by molar-refractivity contribution is 0.0958. The first kappa shape index (κ1) is 17.4. The number of carbonyl (C=O) groups is 1. The van der Waals surface area contributed by atoms with E-state index in [1.165, 1.54) is 37.8 Å². The van der Waals surface area contributed by atoms with Crippen molar-refractivity contribution in [2.45, 2.75) is 52.0 Å². The van der Waals surface area contributed by atoms with Crippen LogP contribution >= 0.6 is 0 Å². The molecule has 1 N–H and O–H groups in total. The summed E-state index contributed by atoms with van der Waals surface area (Å²) in [7, 11) is 0. The van der Waals surface area contributed by atoms with Crippen LogP contribution in [0.1, 0.15) is 65.5 Å². The summed E-state index contributed by atoms with van der Waals surface area (Å²) in [6.45, 7) is 4.53. The maximum atomic E-state index is 12.5. The van der Waals surface area contributed by atoms with Crippen molar-refractivity contribution in [2.75, 3.05) is 6.54 Å². The van der Waals surface area contributed by atoms with Crippen molar-refractivity contribution in [1.29, 1.82) is 0 Å². The molecule has 0 spiro atoms. The Morgan fingerprint density at radius 1 is 1.16 bits per heavy atom. The zero-order valence-corrected chi connectivity index (χ0v) is 15.1. The van der Waals surface area contributed by atoms with Gasteiger partial charge in [-0.05, 0) is 44.9 Å². The van der Waals surface area contributed by atoms with Gasteiger partial charge in [0.1, 0.15) is 0 Å². The van der Waals surface area contributed by atoms with Gasteiger partial charge in [0.15, 0.2) is 0 Å². The van der Waals surface area contributed by atoms with E-state index in [0.717, 1.165) is 16.8 Å². The number of benzene rings is 1. The summed E-state index contributed by atoms with van der Waals surface area (Å²) in [6.07, 6.45) is 6.36. The van der Waals surface area contributed by atoms with Crippen molar-refractivity contribution < 1.29 is 4.79 Å². The summed E-state index contributed by atoms with van der Waals surface area (Å²) in [5.41, 5.74) is 4.01. The first-order valence-electron chi connectivity index (χ1n) is 9.17. The van der Waals surface area contributed by atoms with Gasteiger partial charge in [0.05, 0.1) is 12.1 Å². The van der Waals surface area contributed by atoms with E-state index in [0.29, 0.717) is 12.6 Å². The van der Waals surface area contributed by atoms with Crippen LogP contribution in [0.5, 0.6) is 0 Å². The van der Waals surface area contributed by atoms with Gasteiger partial charge in [-0.1, -0.05) is 49.3 Å². The quantitative estimate of drug-likeness (QED) is 0.830. The van der Waals surface area contributed by atoms with Crippen LogP contribution in [-0.4, -0.2) is 17.0 Å².